The van der Waals surface area contributed by atoms with Gasteiger partial charge in [0.1, 0.15) is 6.04 Å². The van der Waals surface area contributed by atoms with Crippen LogP contribution in [0.2, 0.25) is 0 Å². The van der Waals surface area contributed by atoms with Crippen LogP contribution in [-0.4, -0.2) is 27.6 Å². The zero-order valence-electron chi connectivity index (χ0n) is 11.8. The summed E-state index contributed by atoms with van der Waals surface area (Å²) in [7, 11) is 1.90. The van der Waals surface area contributed by atoms with Gasteiger partial charge in [0.25, 0.3) is 5.91 Å². The van der Waals surface area contributed by atoms with Crippen LogP contribution in [0.1, 0.15) is 24.2 Å². The molecule has 2 rings (SSSR count). The number of hydrogen-bond acceptors (Lipinski definition) is 2. The number of nitrogens with one attached hydrogen (secondary N) is 1. The first kappa shape index (κ1) is 14.1. The van der Waals surface area contributed by atoms with Crippen LogP contribution in [0.25, 0.3) is 10.9 Å². The minimum atomic E-state index is -1.02. The SMILES string of the molecule is CC(C)C(NC(=O)c1cccc2c1ccn2C)C(=O)O. The molecule has 0 saturated heterocycles. The van der Waals surface area contributed by atoms with E-state index in [1.54, 1.807) is 26.0 Å². The van der Waals surface area contributed by atoms with Gasteiger partial charge in [0.2, 0.25) is 0 Å². The molecule has 5 nitrogen and oxygen atoms in total. The number of aliphatic carboxylic acids is 1. The molecular weight excluding hydrogens is 256 g/mol. The molecule has 1 aromatic carbocycles. The summed E-state index contributed by atoms with van der Waals surface area (Å²) >= 11 is 0. The Morgan fingerprint density at radius 3 is 2.55 bits per heavy atom. The largest absolute Gasteiger partial charge is 0.480 e. The second-order valence-corrected chi connectivity index (χ2v) is 5.20. The predicted octanol–water partition coefficient (Wildman–Crippen LogP) is 2.02. The van der Waals surface area contributed by atoms with Crippen molar-refractivity contribution >= 4 is 22.8 Å². The monoisotopic (exact) mass is 274 g/mol. The molecule has 0 fully saturated rings. The maximum Gasteiger partial charge on any atom is 0.326 e. The molecule has 2 N–H and O–H groups in total. The van der Waals surface area contributed by atoms with Gasteiger partial charge >= 0.3 is 5.97 Å². The zero-order chi connectivity index (χ0) is 14.9. The molecule has 1 atom stereocenters. The van der Waals surface area contributed by atoms with Crippen LogP contribution < -0.4 is 5.32 Å². The van der Waals surface area contributed by atoms with E-state index in [1.807, 2.05) is 29.9 Å². The number of aryl methyl sites for hydroxylation is 1. The van der Waals surface area contributed by atoms with Crippen molar-refractivity contribution in [2.24, 2.45) is 13.0 Å². The number of benzene rings is 1. The molecular formula is C15H18N2O3. The maximum atomic E-state index is 12.3. The van der Waals surface area contributed by atoms with Gasteiger partial charge < -0.3 is 15.0 Å². The molecule has 0 aliphatic carbocycles. The quantitative estimate of drug-likeness (QED) is 0.896. The number of carboxylic acids is 1. The fraction of sp³-hybridized carbons (Fsp3) is 0.333. The lowest BCUT2D eigenvalue weighted by atomic mass is 10.0. The molecule has 1 aromatic heterocycles. The average molecular weight is 274 g/mol. The van der Waals surface area contributed by atoms with E-state index in [9.17, 15) is 9.59 Å². The molecule has 1 heterocycles. The molecule has 0 radical (unpaired) electrons. The van der Waals surface area contributed by atoms with Crippen LogP contribution in [0.5, 0.6) is 0 Å². The normalized spacial score (nSPS) is 12.6. The first-order valence-corrected chi connectivity index (χ1v) is 6.49. The Labute approximate surface area is 117 Å². The standard InChI is InChI=1S/C15H18N2O3/c1-9(2)13(15(19)20)16-14(18)11-5-4-6-12-10(11)7-8-17(12)3/h4-9,13H,1-3H3,(H,16,18)(H,19,20). The number of hydrogen-bond donors (Lipinski definition) is 2. The Balaban J connectivity index is 2.34. The topological polar surface area (TPSA) is 71.3 Å². The second-order valence-electron chi connectivity index (χ2n) is 5.20. The molecule has 5 heteroatoms. The van der Waals surface area contributed by atoms with Crippen LogP contribution in [0, 0.1) is 5.92 Å². The van der Waals surface area contributed by atoms with Gasteiger partial charge in [-0.15, -0.1) is 0 Å². The molecule has 1 unspecified atom stereocenters. The Morgan fingerprint density at radius 1 is 1.25 bits per heavy atom. The minimum absolute atomic E-state index is 0.175. The van der Waals surface area contributed by atoms with Gasteiger partial charge in [-0.1, -0.05) is 19.9 Å². The number of carbonyl (C=O) groups is 2. The highest BCUT2D eigenvalue weighted by Crippen LogP contribution is 2.19. The van der Waals surface area contributed by atoms with Crippen molar-refractivity contribution in [3.8, 4) is 0 Å². The van der Waals surface area contributed by atoms with Gasteiger partial charge in [-0.2, -0.15) is 0 Å². The Bertz CT molecular complexity index is 658. The van der Waals surface area contributed by atoms with E-state index in [-0.39, 0.29) is 11.8 Å². The molecule has 0 aliphatic rings. The number of amides is 1. The minimum Gasteiger partial charge on any atom is -0.480 e. The third kappa shape index (κ3) is 2.52. The lowest BCUT2D eigenvalue weighted by molar-refractivity contribution is -0.140. The van der Waals surface area contributed by atoms with Gasteiger partial charge in [0, 0.05) is 29.7 Å². The number of carbonyl (C=O) groups excluding carboxylic acids is 1. The highest BCUT2D eigenvalue weighted by Gasteiger charge is 2.24. The van der Waals surface area contributed by atoms with Crippen molar-refractivity contribution in [2.45, 2.75) is 19.9 Å². The van der Waals surface area contributed by atoms with Gasteiger partial charge in [0.15, 0.2) is 0 Å². The van der Waals surface area contributed by atoms with E-state index in [0.29, 0.717) is 5.56 Å². The number of nitrogens with zero attached hydrogens (tertiary/aromatic N) is 1. The third-order valence-electron chi connectivity index (χ3n) is 3.39. The van der Waals surface area contributed by atoms with Crippen molar-refractivity contribution in [1.29, 1.82) is 0 Å². The predicted molar refractivity (Wildman–Crippen MR) is 76.6 cm³/mol. The first-order valence-electron chi connectivity index (χ1n) is 6.49. The summed E-state index contributed by atoms with van der Waals surface area (Å²) in [6.07, 6.45) is 1.87. The van der Waals surface area contributed by atoms with Gasteiger partial charge in [-0.05, 0) is 24.1 Å². The van der Waals surface area contributed by atoms with Crippen molar-refractivity contribution in [2.75, 3.05) is 0 Å². The number of fused-ring (bicyclic) bond motifs is 1. The van der Waals surface area contributed by atoms with Crippen molar-refractivity contribution in [1.82, 2.24) is 9.88 Å². The summed E-state index contributed by atoms with van der Waals surface area (Å²) in [5.41, 5.74) is 1.43. The van der Waals surface area contributed by atoms with Crippen LogP contribution in [0.15, 0.2) is 30.5 Å². The molecule has 106 valence electrons. The second kappa shape index (κ2) is 5.36. The van der Waals surface area contributed by atoms with Gasteiger partial charge in [0.05, 0.1) is 0 Å². The Morgan fingerprint density at radius 2 is 1.95 bits per heavy atom. The van der Waals surface area contributed by atoms with E-state index < -0.39 is 12.0 Å². The van der Waals surface area contributed by atoms with Crippen LogP contribution in [-0.2, 0) is 11.8 Å². The fourth-order valence-corrected chi connectivity index (χ4v) is 2.23. The maximum absolute atomic E-state index is 12.3. The fourth-order valence-electron chi connectivity index (χ4n) is 2.23. The Kier molecular flexibility index (Phi) is 3.79. The highest BCUT2D eigenvalue weighted by molar-refractivity contribution is 6.07. The molecule has 0 saturated carbocycles. The molecule has 1 amide bonds. The molecule has 20 heavy (non-hydrogen) atoms. The van der Waals surface area contributed by atoms with E-state index >= 15 is 0 Å². The summed E-state index contributed by atoms with van der Waals surface area (Å²) < 4.78 is 1.92. The summed E-state index contributed by atoms with van der Waals surface area (Å²) in [6.45, 7) is 3.53. The summed E-state index contributed by atoms with van der Waals surface area (Å²) in [5, 5.41) is 12.5. The molecule has 2 aromatic rings. The van der Waals surface area contributed by atoms with Crippen LogP contribution in [0.4, 0.5) is 0 Å². The molecule has 0 spiro atoms. The van der Waals surface area contributed by atoms with Crippen LogP contribution >= 0.6 is 0 Å². The van der Waals surface area contributed by atoms with Crippen molar-refractivity contribution in [3.63, 3.8) is 0 Å². The van der Waals surface area contributed by atoms with Gasteiger partial charge in [-0.25, -0.2) is 4.79 Å². The lowest BCUT2D eigenvalue weighted by Gasteiger charge is -2.18. The van der Waals surface area contributed by atoms with E-state index in [1.165, 1.54) is 0 Å². The van der Waals surface area contributed by atoms with Crippen molar-refractivity contribution < 1.29 is 14.7 Å². The average Bonchev–Trinajstić information content (AvgIpc) is 2.77. The number of aromatic nitrogens is 1. The lowest BCUT2D eigenvalue weighted by Crippen LogP contribution is -2.44. The zero-order valence-corrected chi connectivity index (χ0v) is 11.8. The molecule has 0 bridgehead atoms. The summed E-state index contributed by atoms with van der Waals surface area (Å²) in [4.78, 5) is 23.5. The number of rotatable bonds is 4. The summed E-state index contributed by atoms with van der Waals surface area (Å²) in [6, 6.07) is 6.39. The Hall–Kier alpha value is -2.30. The first-order chi connectivity index (χ1) is 9.41. The van der Waals surface area contributed by atoms with E-state index in [4.69, 9.17) is 5.11 Å². The van der Waals surface area contributed by atoms with E-state index in [2.05, 4.69) is 5.32 Å². The smallest absolute Gasteiger partial charge is 0.326 e. The van der Waals surface area contributed by atoms with E-state index in [0.717, 1.165) is 10.9 Å². The third-order valence-corrected chi connectivity index (χ3v) is 3.39. The van der Waals surface area contributed by atoms with Gasteiger partial charge in [-0.3, -0.25) is 4.79 Å². The molecule has 0 aliphatic heterocycles. The summed E-state index contributed by atoms with van der Waals surface area (Å²) in [5.74, 6) is -1.55. The number of carboxylic acid groups (broad SMARTS) is 1. The van der Waals surface area contributed by atoms with Crippen molar-refractivity contribution in [3.05, 3.63) is 36.0 Å². The van der Waals surface area contributed by atoms with Crippen LogP contribution in [0.3, 0.4) is 0 Å². The highest BCUT2D eigenvalue weighted by atomic mass is 16.4.